The van der Waals surface area contributed by atoms with Crippen molar-refractivity contribution in [1.29, 1.82) is 0 Å². The highest BCUT2D eigenvalue weighted by Crippen LogP contribution is 2.20. The monoisotopic (exact) mass is 400 g/mol. The number of hydrogen-bond acceptors (Lipinski definition) is 5. The molecule has 9 heteroatoms. The van der Waals surface area contributed by atoms with Crippen LogP contribution in [0.15, 0.2) is 23.2 Å². The molecule has 0 radical (unpaired) electrons. The Morgan fingerprint density at radius 1 is 1.15 bits per heavy atom. The van der Waals surface area contributed by atoms with Crippen molar-refractivity contribution in [2.75, 3.05) is 45.7 Å². The van der Waals surface area contributed by atoms with Crippen LogP contribution in [-0.4, -0.2) is 60.1 Å². The highest BCUT2D eigenvalue weighted by molar-refractivity contribution is 7.89. The van der Waals surface area contributed by atoms with Gasteiger partial charge in [-0.15, -0.1) is 0 Å². The fraction of sp³-hybridized carbons (Fsp3) is 0.611. The Bertz CT molecular complexity index is 693. The van der Waals surface area contributed by atoms with E-state index in [1.54, 1.807) is 14.0 Å². The highest BCUT2D eigenvalue weighted by atomic mass is 32.2. The number of nitrogens with zero attached hydrogens (tertiary/aromatic N) is 1. The summed E-state index contributed by atoms with van der Waals surface area (Å²) < 4.78 is 36.5. The second kappa shape index (κ2) is 12.5. The van der Waals surface area contributed by atoms with Gasteiger partial charge in [0.15, 0.2) is 5.96 Å². The molecule has 1 aromatic carbocycles. The average Bonchev–Trinajstić information content (AvgIpc) is 2.65. The second-order valence-electron chi connectivity index (χ2n) is 5.81. The van der Waals surface area contributed by atoms with Crippen molar-refractivity contribution in [3.05, 3.63) is 29.3 Å². The van der Waals surface area contributed by atoms with Gasteiger partial charge in [-0.3, -0.25) is 4.99 Å². The summed E-state index contributed by atoms with van der Waals surface area (Å²) >= 11 is 0. The van der Waals surface area contributed by atoms with E-state index in [4.69, 9.17) is 9.47 Å². The van der Waals surface area contributed by atoms with Crippen LogP contribution >= 0.6 is 0 Å². The Morgan fingerprint density at radius 3 is 2.59 bits per heavy atom. The normalized spacial score (nSPS) is 12.1. The first kappa shape index (κ1) is 23.2. The van der Waals surface area contributed by atoms with Gasteiger partial charge in [0, 0.05) is 38.9 Å². The number of benzene rings is 1. The van der Waals surface area contributed by atoms with E-state index in [2.05, 4.69) is 20.3 Å². The molecule has 0 aromatic heterocycles. The molecule has 0 amide bonds. The highest BCUT2D eigenvalue weighted by Gasteiger charge is 2.07. The Hall–Kier alpha value is -1.84. The third kappa shape index (κ3) is 9.60. The van der Waals surface area contributed by atoms with E-state index in [1.807, 2.05) is 32.0 Å². The largest absolute Gasteiger partial charge is 0.491 e. The molecule has 0 bridgehead atoms. The number of rotatable bonds is 12. The van der Waals surface area contributed by atoms with Crippen LogP contribution in [-0.2, 0) is 21.3 Å². The summed E-state index contributed by atoms with van der Waals surface area (Å²) in [5, 5.41) is 6.29. The van der Waals surface area contributed by atoms with Crippen molar-refractivity contribution in [3.8, 4) is 5.75 Å². The molecule has 0 aliphatic rings. The van der Waals surface area contributed by atoms with Crippen LogP contribution in [0, 0.1) is 6.92 Å². The molecule has 0 saturated carbocycles. The predicted molar refractivity (Wildman–Crippen MR) is 109 cm³/mol. The van der Waals surface area contributed by atoms with E-state index in [1.165, 1.54) is 0 Å². The molecule has 0 saturated heterocycles. The smallest absolute Gasteiger partial charge is 0.211 e. The number of hydrogen-bond donors (Lipinski definition) is 3. The van der Waals surface area contributed by atoms with Gasteiger partial charge < -0.3 is 20.1 Å². The van der Waals surface area contributed by atoms with Crippen molar-refractivity contribution >= 4 is 16.0 Å². The van der Waals surface area contributed by atoms with E-state index in [0.29, 0.717) is 45.4 Å². The maximum atomic E-state index is 11.4. The van der Waals surface area contributed by atoms with Gasteiger partial charge in [-0.25, -0.2) is 13.1 Å². The lowest BCUT2D eigenvalue weighted by atomic mass is 10.1. The number of aliphatic imine (C=N–C) groups is 1. The SMILES string of the molecule is CCOCCOc1cc(C)ccc1CNC(=NC)NCCNS(=O)(=O)CC. The van der Waals surface area contributed by atoms with Crippen LogP contribution in [0.5, 0.6) is 5.75 Å². The fourth-order valence-electron chi connectivity index (χ4n) is 2.19. The van der Waals surface area contributed by atoms with Crippen LogP contribution in [0.2, 0.25) is 0 Å². The summed E-state index contributed by atoms with van der Waals surface area (Å²) in [4.78, 5) is 4.15. The number of sulfonamides is 1. The van der Waals surface area contributed by atoms with Gasteiger partial charge in [0.25, 0.3) is 0 Å². The molecular weight excluding hydrogens is 368 g/mol. The van der Waals surface area contributed by atoms with Gasteiger partial charge >= 0.3 is 0 Å². The van der Waals surface area contributed by atoms with Crippen molar-refractivity contribution < 1.29 is 17.9 Å². The summed E-state index contributed by atoms with van der Waals surface area (Å²) in [6.45, 7) is 8.55. The third-order valence-corrected chi connectivity index (χ3v) is 5.11. The summed E-state index contributed by atoms with van der Waals surface area (Å²) in [5.41, 5.74) is 2.13. The van der Waals surface area contributed by atoms with E-state index in [-0.39, 0.29) is 5.75 Å². The van der Waals surface area contributed by atoms with Crippen LogP contribution in [0.3, 0.4) is 0 Å². The lowest BCUT2D eigenvalue weighted by Crippen LogP contribution is -2.41. The summed E-state index contributed by atoms with van der Waals surface area (Å²) in [6, 6.07) is 6.04. The molecule has 3 N–H and O–H groups in total. The Kier molecular flexibility index (Phi) is 10.8. The van der Waals surface area contributed by atoms with Gasteiger partial charge in [-0.1, -0.05) is 12.1 Å². The van der Waals surface area contributed by atoms with Crippen molar-refractivity contribution in [2.45, 2.75) is 27.3 Å². The average molecular weight is 401 g/mol. The molecule has 8 nitrogen and oxygen atoms in total. The zero-order valence-corrected chi connectivity index (χ0v) is 17.5. The zero-order valence-electron chi connectivity index (χ0n) is 16.7. The van der Waals surface area contributed by atoms with E-state index >= 15 is 0 Å². The van der Waals surface area contributed by atoms with Crippen molar-refractivity contribution in [2.24, 2.45) is 4.99 Å². The third-order valence-electron chi connectivity index (χ3n) is 3.70. The Balaban J connectivity index is 2.52. The minimum absolute atomic E-state index is 0.0689. The van der Waals surface area contributed by atoms with E-state index in [9.17, 15) is 8.42 Å². The fourth-order valence-corrected chi connectivity index (χ4v) is 2.80. The number of ether oxygens (including phenoxy) is 2. The molecule has 27 heavy (non-hydrogen) atoms. The maximum Gasteiger partial charge on any atom is 0.211 e. The van der Waals surface area contributed by atoms with Crippen molar-refractivity contribution in [3.63, 3.8) is 0 Å². The molecule has 0 aliphatic carbocycles. The quantitative estimate of drug-likeness (QED) is 0.275. The van der Waals surface area contributed by atoms with Crippen LogP contribution in [0.25, 0.3) is 0 Å². The number of nitrogens with one attached hydrogen (secondary N) is 3. The minimum atomic E-state index is -3.18. The van der Waals surface area contributed by atoms with Gasteiger partial charge in [-0.2, -0.15) is 0 Å². The molecule has 1 aromatic rings. The van der Waals surface area contributed by atoms with E-state index in [0.717, 1.165) is 16.9 Å². The Morgan fingerprint density at radius 2 is 1.93 bits per heavy atom. The zero-order chi connectivity index (χ0) is 20.1. The molecule has 0 aliphatic heterocycles. The van der Waals surface area contributed by atoms with Gasteiger partial charge in [0.1, 0.15) is 12.4 Å². The van der Waals surface area contributed by atoms with Gasteiger partial charge in [0.2, 0.25) is 10.0 Å². The molecule has 0 heterocycles. The van der Waals surface area contributed by atoms with Crippen LogP contribution in [0.1, 0.15) is 25.0 Å². The first-order valence-corrected chi connectivity index (χ1v) is 10.8. The summed E-state index contributed by atoms with van der Waals surface area (Å²) in [5.74, 6) is 1.47. The van der Waals surface area contributed by atoms with Crippen LogP contribution < -0.4 is 20.1 Å². The number of guanidine groups is 1. The predicted octanol–water partition coefficient (Wildman–Crippen LogP) is 1.01. The molecule has 0 fully saturated rings. The molecule has 0 spiro atoms. The minimum Gasteiger partial charge on any atom is -0.491 e. The summed E-state index contributed by atoms with van der Waals surface area (Å²) in [6.07, 6.45) is 0. The van der Waals surface area contributed by atoms with Gasteiger partial charge in [-0.05, 0) is 32.4 Å². The molecule has 1 rings (SSSR count). The lowest BCUT2D eigenvalue weighted by molar-refractivity contribution is 0.110. The van der Waals surface area contributed by atoms with Gasteiger partial charge in [0.05, 0.1) is 12.4 Å². The first-order chi connectivity index (χ1) is 12.9. The topological polar surface area (TPSA) is 101 Å². The van der Waals surface area contributed by atoms with E-state index < -0.39 is 10.0 Å². The second-order valence-corrected chi connectivity index (χ2v) is 7.90. The number of aryl methyl sites for hydroxylation is 1. The van der Waals surface area contributed by atoms with Crippen molar-refractivity contribution in [1.82, 2.24) is 15.4 Å². The lowest BCUT2D eigenvalue weighted by Gasteiger charge is -2.15. The molecule has 154 valence electrons. The summed E-state index contributed by atoms with van der Waals surface area (Å²) in [7, 11) is -1.51. The first-order valence-electron chi connectivity index (χ1n) is 9.13. The standard InChI is InChI=1S/C18H32N4O4S/c1-5-25-11-12-26-17-13-15(3)7-8-16(17)14-21-18(19-4)20-9-10-22-27(23,24)6-2/h7-8,13,22H,5-6,9-12,14H2,1-4H3,(H2,19,20,21). The van der Waals surface area contributed by atoms with Crippen LogP contribution in [0.4, 0.5) is 0 Å². The molecule has 0 unspecified atom stereocenters. The Labute approximate surface area is 162 Å². The maximum absolute atomic E-state index is 11.4. The molecule has 0 atom stereocenters. The molecular formula is C18H32N4O4S.